The van der Waals surface area contributed by atoms with Crippen molar-refractivity contribution in [1.82, 2.24) is 10.6 Å². The zero-order chi connectivity index (χ0) is 23.9. The van der Waals surface area contributed by atoms with E-state index in [-0.39, 0.29) is 12.6 Å². The van der Waals surface area contributed by atoms with Gasteiger partial charge in [-0.1, -0.05) is 54.6 Å². The van der Waals surface area contributed by atoms with Crippen LogP contribution < -0.4 is 15.4 Å². The number of ether oxygens (including phenoxy) is 2. The SMILES string of the molecule is COc1ccc(CCC2=C(C(=O)OCc3cccc(F)c3)C(c3ccccc3)NC(=O)N2)cc1. The number of nitrogens with one attached hydrogen (secondary N) is 2. The normalized spacial score (nSPS) is 15.4. The first-order chi connectivity index (χ1) is 16.5. The fraction of sp³-hybridized carbons (Fsp3) is 0.185. The van der Waals surface area contributed by atoms with Gasteiger partial charge in [-0.15, -0.1) is 0 Å². The van der Waals surface area contributed by atoms with Crippen molar-refractivity contribution in [1.29, 1.82) is 0 Å². The van der Waals surface area contributed by atoms with Gasteiger partial charge in [0.1, 0.15) is 18.2 Å². The summed E-state index contributed by atoms with van der Waals surface area (Å²) in [5.74, 6) is -0.221. The van der Waals surface area contributed by atoms with Gasteiger partial charge < -0.3 is 20.1 Å². The van der Waals surface area contributed by atoms with E-state index >= 15 is 0 Å². The number of amides is 2. The molecular formula is C27H25FN2O4. The number of aryl methyl sites for hydroxylation is 1. The minimum Gasteiger partial charge on any atom is -0.497 e. The average Bonchev–Trinajstić information content (AvgIpc) is 2.86. The lowest BCUT2D eigenvalue weighted by atomic mass is 9.93. The number of benzene rings is 3. The number of halogens is 1. The lowest BCUT2D eigenvalue weighted by Crippen LogP contribution is -2.46. The molecule has 1 heterocycles. The molecule has 174 valence electrons. The van der Waals surface area contributed by atoms with Gasteiger partial charge in [-0.05, 0) is 53.8 Å². The Morgan fingerprint density at radius 2 is 1.71 bits per heavy atom. The second kappa shape index (κ2) is 10.7. The number of urea groups is 1. The largest absolute Gasteiger partial charge is 0.497 e. The summed E-state index contributed by atoms with van der Waals surface area (Å²) in [4.78, 5) is 25.7. The number of esters is 1. The second-order valence-corrected chi connectivity index (χ2v) is 7.89. The fourth-order valence-electron chi connectivity index (χ4n) is 3.87. The molecule has 0 aliphatic carbocycles. The molecule has 3 aromatic rings. The van der Waals surface area contributed by atoms with E-state index in [0.717, 1.165) is 16.9 Å². The Morgan fingerprint density at radius 3 is 2.41 bits per heavy atom. The molecule has 7 heteroatoms. The van der Waals surface area contributed by atoms with Gasteiger partial charge >= 0.3 is 12.0 Å². The number of methoxy groups -OCH3 is 1. The summed E-state index contributed by atoms with van der Waals surface area (Å²) in [6.45, 7) is -0.0820. The molecule has 2 N–H and O–H groups in total. The molecular weight excluding hydrogens is 435 g/mol. The van der Waals surface area contributed by atoms with Gasteiger partial charge in [0.25, 0.3) is 0 Å². The van der Waals surface area contributed by atoms with Gasteiger partial charge in [-0.25, -0.2) is 14.0 Å². The summed E-state index contributed by atoms with van der Waals surface area (Å²) in [7, 11) is 1.61. The van der Waals surface area contributed by atoms with E-state index in [1.807, 2.05) is 54.6 Å². The van der Waals surface area contributed by atoms with Crippen LogP contribution in [0.15, 0.2) is 90.1 Å². The Labute approximate surface area is 197 Å². The lowest BCUT2D eigenvalue weighted by Gasteiger charge is -2.29. The first-order valence-electron chi connectivity index (χ1n) is 10.9. The summed E-state index contributed by atoms with van der Waals surface area (Å²) >= 11 is 0. The van der Waals surface area contributed by atoms with Gasteiger partial charge in [0.15, 0.2) is 0 Å². The summed E-state index contributed by atoms with van der Waals surface area (Å²) in [6, 6.07) is 21.7. The van der Waals surface area contributed by atoms with Crippen molar-refractivity contribution < 1.29 is 23.5 Å². The molecule has 1 aliphatic heterocycles. The maximum absolute atomic E-state index is 13.5. The summed E-state index contributed by atoms with van der Waals surface area (Å²) in [6.07, 6.45) is 1.02. The van der Waals surface area contributed by atoms with Crippen molar-refractivity contribution in [3.05, 3.63) is 113 Å². The van der Waals surface area contributed by atoms with Crippen LogP contribution in [0, 0.1) is 5.82 Å². The topological polar surface area (TPSA) is 76.7 Å². The molecule has 4 rings (SSSR count). The second-order valence-electron chi connectivity index (χ2n) is 7.89. The highest BCUT2D eigenvalue weighted by molar-refractivity contribution is 5.95. The molecule has 1 unspecified atom stereocenters. The molecule has 1 atom stereocenters. The van der Waals surface area contributed by atoms with Crippen molar-refractivity contribution >= 4 is 12.0 Å². The molecule has 0 radical (unpaired) electrons. The molecule has 3 aromatic carbocycles. The quantitative estimate of drug-likeness (QED) is 0.473. The molecule has 0 spiro atoms. The van der Waals surface area contributed by atoms with Crippen LogP contribution in [0.3, 0.4) is 0 Å². The number of hydrogen-bond acceptors (Lipinski definition) is 4. The maximum Gasteiger partial charge on any atom is 0.338 e. The van der Waals surface area contributed by atoms with Gasteiger partial charge in [0.05, 0.1) is 18.7 Å². The van der Waals surface area contributed by atoms with E-state index < -0.39 is 17.8 Å². The third-order valence-electron chi connectivity index (χ3n) is 5.59. The van der Waals surface area contributed by atoms with Crippen molar-refractivity contribution in [2.75, 3.05) is 7.11 Å². The Balaban J connectivity index is 1.61. The highest BCUT2D eigenvalue weighted by atomic mass is 19.1. The van der Waals surface area contributed by atoms with Crippen LogP contribution in [0.4, 0.5) is 9.18 Å². The van der Waals surface area contributed by atoms with Crippen LogP contribution in [0.2, 0.25) is 0 Å². The molecule has 0 fully saturated rings. The minimum atomic E-state index is -0.666. The minimum absolute atomic E-state index is 0.0820. The molecule has 0 saturated carbocycles. The summed E-state index contributed by atoms with van der Waals surface area (Å²) < 4.78 is 24.3. The number of allylic oxidation sites excluding steroid dienone is 1. The molecule has 6 nitrogen and oxygen atoms in total. The molecule has 2 amide bonds. The van der Waals surface area contributed by atoms with Gasteiger partial charge in [0, 0.05) is 5.70 Å². The van der Waals surface area contributed by atoms with Crippen molar-refractivity contribution in [2.24, 2.45) is 0 Å². The molecule has 0 aromatic heterocycles. The zero-order valence-electron chi connectivity index (χ0n) is 18.7. The Kier molecular flexibility index (Phi) is 7.22. The number of carbonyl (C=O) groups is 2. The Morgan fingerprint density at radius 1 is 0.941 bits per heavy atom. The lowest BCUT2D eigenvalue weighted by molar-refractivity contribution is -0.140. The predicted molar refractivity (Wildman–Crippen MR) is 125 cm³/mol. The van der Waals surface area contributed by atoms with E-state index in [2.05, 4.69) is 10.6 Å². The fourth-order valence-corrected chi connectivity index (χ4v) is 3.87. The standard InChI is InChI=1S/C27H25FN2O4/c1-33-22-13-10-18(11-14-22)12-15-23-24(26(31)34-17-19-6-5-9-21(28)16-19)25(30-27(32)29-23)20-7-3-2-4-8-20/h2-11,13-14,16,25H,12,15,17H2,1H3,(H2,29,30,32). The maximum atomic E-state index is 13.5. The van der Waals surface area contributed by atoms with Crippen LogP contribution >= 0.6 is 0 Å². The van der Waals surface area contributed by atoms with Crippen molar-refractivity contribution in [2.45, 2.75) is 25.5 Å². The third kappa shape index (κ3) is 5.61. The molecule has 0 saturated heterocycles. The van der Waals surface area contributed by atoms with Gasteiger partial charge in [0.2, 0.25) is 0 Å². The number of hydrogen-bond donors (Lipinski definition) is 2. The Bertz CT molecular complexity index is 1190. The van der Waals surface area contributed by atoms with E-state index in [0.29, 0.717) is 29.7 Å². The van der Waals surface area contributed by atoms with Crippen LogP contribution in [0.25, 0.3) is 0 Å². The Hall–Kier alpha value is -4.13. The number of rotatable bonds is 8. The van der Waals surface area contributed by atoms with Gasteiger partial charge in [-0.2, -0.15) is 0 Å². The first-order valence-corrected chi connectivity index (χ1v) is 10.9. The third-order valence-corrected chi connectivity index (χ3v) is 5.59. The highest BCUT2D eigenvalue weighted by Crippen LogP contribution is 2.30. The smallest absolute Gasteiger partial charge is 0.338 e. The average molecular weight is 461 g/mol. The summed E-state index contributed by atoms with van der Waals surface area (Å²) in [5.41, 5.74) is 3.16. The summed E-state index contributed by atoms with van der Waals surface area (Å²) in [5, 5.41) is 5.62. The van der Waals surface area contributed by atoms with Crippen LogP contribution in [0.1, 0.15) is 29.2 Å². The van der Waals surface area contributed by atoms with E-state index in [9.17, 15) is 14.0 Å². The van der Waals surface area contributed by atoms with Crippen molar-refractivity contribution in [3.63, 3.8) is 0 Å². The van der Waals surface area contributed by atoms with E-state index in [4.69, 9.17) is 9.47 Å². The molecule has 1 aliphatic rings. The highest BCUT2D eigenvalue weighted by Gasteiger charge is 2.33. The number of carbonyl (C=O) groups excluding carboxylic acids is 2. The molecule has 34 heavy (non-hydrogen) atoms. The monoisotopic (exact) mass is 460 g/mol. The zero-order valence-corrected chi connectivity index (χ0v) is 18.7. The van der Waals surface area contributed by atoms with Crippen LogP contribution in [-0.2, 0) is 22.6 Å². The van der Waals surface area contributed by atoms with Crippen molar-refractivity contribution in [3.8, 4) is 5.75 Å². The van der Waals surface area contributed by atoms with Gasteiger partial charge in [-0.3, -0.25) is 0 Å². The predicted octanol–water partition coefficient (Wildman–Crippen LogP) is 4.82. The van der Waals surface area contributed by atoms with Crippen LogP contribution in [0.5, 0.6) is 5.75 Å². The van der Waals surface area contributed by atoms with E-state index in [1.165, 1.54) is 12.1 Å². The van der Waals surface area contributed by atoms with Crippen LogP contribution in [-0.4, -0.2) is 19.1 Å². The molecule has 0 bridgehead atoms. The first kappa shape index (κ1) is 23.0. The van der Waals surface area contributed by atoms with E-state index in [1.54, 1.807) is 19.2 Å².